The van der Waals surface area contributed by atoms with E-state index in [0.29, 0.717) is 0 Å². The predicted molar refractivity (Wildman–Crippen MR) is 46.9 cm³/mol. The first-order chi connectivity index (χ1) is 3.93. The SMILES string of the molecule is Br.C[CH-]C1CCCCC1.[Cs+]. The first-order valence-corrected chi connectivity index (χ1v) is 3.73. The summed E-state index contributed by atoms with van der Waals surface area (Å²) in [6.45, 7) is 2.19. The third kappa shape index (κ3) is 6.09. The van der Waals surface area contributed by atoms with Gasteiger partial charge in [0.2, 0.25) is 0 Å². The number of hydrogen-bond acceptors (Lipinski definition) is 0. The van der Waals surface area contributed by atoms with E-state index in [1.807, 2.05) is 0 Å². The molecule has 0 aromatic carbocycles. The molecule has 1 aliphatic rings. The average Bonchev–Trinajstić information content (AvgIpc) is 1.90. The van der Waals surface area contributed by atoms with Gasteiger partial charge in [-0.2, -0.15) is 12.8 Å². The molecule has 0 aromatic heterocycles. The molecule has 1 saturated carbocycles. The minimum Gasteiger partial charge on any atom is -0.328 e. The van der Waals surface area contributed by atoms with Crippen molar-refractivity contribution in [3.8, 4) is 0 Å². The molecule has 10 heavy (non-hydrogen) atoms. The van der Waals surface area contributed by atoms with Crippen LogP contribution in [0.5, 0.6) is 0 Å². The molecule has 0 aliphatic heterocycles. The summed E-state index contributed by atoms with van der Waals surface area (Å²) in [6.07, 6.45) is 9.68. The maximum Gasteiger partial charge on any atom is 1.00 e. The second-order valence-electron chi connectivity index (χ2n) is 2.73. The van der Waals surface area contributed by atoms with Crippen LogP contribution in [0.3, 0.4) is 0 Å². The van der Waals surface area contributed by atoms with Crippen LogP contribution in [0.15, 0.2) is 0 Å². The van der Waals surface area contributed by atoms with Crippen LogP contribution in [0.4, 0.5) is 0 Å². The minimum absolute atomic E-state index is 0. The maximum atomic E-state index is 2.36. The smallest absolute Gasteiger partial charge is 0.328 e. The van der Waals surface area contributed by atoms with E-state index in [2.05, 4.69) is 13.3 Å². The van der Waals surface area contributed by atoms with Crippen LogP contribution in [0, 0.1) is 12.3 Å². The molecular formula is C8H16BrCs. The van der Waals surface area contributed by atoms with E-state index < -0.39 is 0 Å². The van der Waals surface area contributed by atoms with Crippen molar-refractivity contribution in [1.29, 1.82) is 0 Å². The van der Waals surface area contributed by atoms with Crippen LogP contribution >= 0.6 is 17.0 Å². The monoisotopic (exact) mass is 324 g/mol. The van der Waals surface area contributed by atoms with Crippen molar-refractivity contribution in [2.45, 2.75) is 39.0 Å². The Balaban J connectivity index is 0. The van der Waals surface area contributed by atoms with Crippen molar-refractivity contribution in [3.05, 3.63) is 6.42 Å². The Bertz CT molecular complexity index is 60.3. The first-order valence-electron chi connectivity index (χ1n) is 3.73. The van der Waals surface area contributed by atoms with E-state index in [1.54, 1.807) is 0 Å². The Morgan fingerprint density at radius 3 is 1.90 bits per heavy atom. The number of halogens is 1. The summed E-state index contributed by atoms with van der Waals surface area (Å²) in [4.78, 5) is 0. The predicted octanol–water partition coefficient (Wildman–Crippen LogP) is 0.373. The van der Waals surface area contributed by atoms with Crippen molar-refractivity contribution >= 4 is 17.0 Å². The Hall–Kier alpha value is 2.53. The standard InChI is InChI=1S/C8H15.BrH.Cs/c1-2-8-6-4-3-5-7-8;;/h2,8H,3-7H2,1H3;1H;/q-1;;+1. The average molecular weight is 325 g/mol. The summed E-state index contributed by atoms with van der Waals surface area (Å²) in [5.74, 6) is 0.962. The van der Waals surface area contributed by atoms with Gasteiger partial charge < -0.3 is 6.42 Å². The van der Waals surface area contributed by atoms with Gasteiger partial charge in [0.15, 0.2) is 0 Å². The van der Waals surface area contributed by atoms with Crippen LogP contribution in [0.1, 0.15) is 39.0 Å². The molecule has 0 amide bonds. The third-order valence-electron chi connectivity index (χ3n) is 2.12. The van der Waals surface area contributed by atoms with E-state index >= 15 is 0 Å². The molecule has 0 saturated heterocycles. The van der Waals surface area contributed by atoms with Gasteiger partial charge >= 0.3 is 68.9 Å². The first kappa shape index (κ1) is 15.0. The molecule has 0 unspecified atom stereocenters. The van der Waals surface area contributed by atoms with Gasteiger partial charge in [0, 0.05) is 0 Å². The van der Waals surface area contributed by atoms with Crippen LogP contribution in [0.25, 0.3) is 0 Å². The second kappa shape index (κ2) is 9.62. The van der Waals surface area contributed by atoms with Crippen LogP contribution in [0.2, 0.25) is 0 Å². The van der Waals surface area contributed by atoms with Crippen molar-refractivity contribution < 1.29 is 68.9 Å². The van der Waals surface area contributed by atoms with E-state index in [0.717, 1.165) is 5.92 Å². The molecule has 0 atom stereocenters. The summed E-state index contributed by atoms with van der Waals surface area (Å²) >= 11 is 0. The summed E-state index contributed by atoms with van der Waals surface area (Å²) in [6, 6.07) is 0. The molecule has 0 aromatic rings. The van der Waals surface area contributed by atoms with Crippen LogP contribution in [-0.4, -0.2) is 0 Å². The van der Waals surface area contributed by atoms with Gasteiger partial charge in [-0.05, 0) is 0 Å². The Labute approximate surface area is 134 Å². The normalized spacial score (nSPS) is 18.9. The van der Waals surface area contributed by atoms with Crippen LogP contribution < -0.4 is 68.9 Å². The van der Waals surface area contributed by atoms with Crippen molar-refractivity contribution in [2.24, 2.45) is 5.92 Å². The van der Waals surface area contributed by atoms with Gasteiger partial charge in [-0.25, -0.2) is 0 Å². The van der Waals surface area contributed by atoms with Crippen molar-refractivity contribution in [2.75, 3.05) is 0 Å². The minimum atomic E-state index is 0. The molecule has 56 valence electrons. The topological polar surface area (TPSA) is 0 Å². The van der Waals surface area contributed by atoms with Gasteiger partial charge in [0.25, 0.3) is 0 Å². The molecule has 0 nitrogen and oxygen atoms in total. The third-order valence-corrected chi connectivity index (χ3v) is 2.12. The van der Waals surface area contributed by atoms with Gasteiger partial charge in [-0.3, -0.25) is 0 Å². The molecule has 0 spiro atoms. The summed E-state index contributed by atoms with van der Waals surface area (Å²) in [5, 5.41) is 0. The second-order valence-corrected chi connectivity index (χ2v) is 2.73. The van der Waals surface area contributed by atoms with Crippen molar-refractivity contribution in [3.63, 3.8) is 0 Å². The maximum absolute atomic E-state index is 2.36. The van der Waals surface area contributed by atoms with Gasteiger partial charge in [-0.1, -0.05) is 32.1 Å². The molecule has 0 heterocycles. The fourth-order valence-corrected chi connectivity index (χ4v) is 1.47. The fourth-order valence-electron chi connectivity index (χ4n) is 1.47. The largest absolute Gasteiger partial charge is 1.00 e. The number of hydrogen-bond donors (Lipinski definition) is 0. The van der Waals surface area contributed by atoms with E-state index in [1.165, 1.54) is 32.1 Å². The summed E-state index contributed by atoms with van der Waals surface area (Å²) in [7, 11) is 0. The van der Waals surface area contributed by atoms with E-state index in [4.69, 9.17) is 0 Å². The van der Waals surface area contributed by atoms with Gasteiger partial charge in [0.1, 0.15) is 0 Å². The molecule has 1 fully saturated rings. The van der Waals surface area contributed by atoms with E-state index in [-0.39, 0.29) is 85.9 Å². The molecule has 0 N–H and O–H groups in total. The number of rotatable bonds is 1. The summed E-state index contributed by atoms with van der Waals surface area (Å²) in [5.41, 5.74) is 0. The molecule has 2 heteroatoms. The van der Waals surface area contributed by atoms with Gasteiger partial charge in [0.05, 0.1) is 0 Å². The molecule has 0 bridgehead atoms. The molecular weight excluding hydrogens is 309 g/mol. The van der Waals surface area contributed by atoms with Crippen molar-refractivity contribution in [1.82, 2.24) is 0 Å². The quantitative estimate of drug-likeness (QED) is 0.612. The molecule has 0 radical (unpaired) electrons. The zero-order chi connectivity index (χ0) is 5.82. The fraction of sp³-hybridized carbons (Fsp3) is 0.875. The zero-order valence-electron chi connectivity index (χ0n) is 7.10. The molecule has 1 rings (SSSR count). The zero-order valence-corrected chi connectivity index (χ0v) is 15.1. The van der Waals surface area contributed by atoms with E-state index in [9.17, 15) is 0 Å². The summed E-state index contributed by atoms with van der Waals surface area (Å²) < 4.78 is 0. The Morgan fingerprint density at radius 2 is 1.60 bits per heavy atom. The molecule has 1 aliphatic carbocycles. The van der Waals surface area contributed by atoms with Gasteiger partial charge in [-0.15, -0.1) is 17.0 Å². The Morgan fingerprint density at radius 1 is 1.10 bits per heavy atom. The van der Waals surface area contributed by atoms with Crippen LogP contribution in [-0.2, 0) is 0 Å². The Kier molecular flexibility index (Phi) is 14.5.